The number of carbonyl (C=O) groups excluding carboxylic acids is 1. The molecule has 3 heterocycles. The van der Waals surface area contributed by atoms with Gasteiger partial charge in [-0.2, -0.15) is 0 Å². The summed E-state index contributed by atoms with van der Waals surface area (Å²) in [4.78, 5) is 16.9. The first-order chi connectivity index (χ1) is 10.8. The molecule has 22 heavy (non-hydrogen) atoms. The first-order valence-corrected chi connectivity index (χ1v) is 8.05. The Balaban J connectivity index is 1.35. The van der Waals surface area contributed by atoms with E-state index in [4.69, 9.17) is 0 Å². The molecule has 0 aliphatic carbocycles. The number of rotatable bonds is 3. The monoisotopic (exact) mass is 295 g/mol. The molecule has 4 heteroatoms. The highest BCUT2D eigenvalue weighted by atomic mass is 16.2. The van der Waals surface area contributed by atoms with Crippen molar-refractivity contribution in [2.45, 2.75) is 32.0 Å². The molecule has 4 rings (SSSR count). The Morgan fingerprint density at radius 3 is 2.50 bits per heavy atom. The zero-order chi connectivity index (χ0) is 14.9. The summed E-state index contributed by atoms with van der Waals surface area (Å²) in [5, 5.41) is 0. The molecule has 0 atom stereocenters. The summed E-state index contributed by atoms with van der Waals surface area (Å²) in [7, 11) is 0. The summed E-state index contributed by atoms with van der Waals surface area (Å²) in [6, 6.07) is 15.2. The number of nitrogens with zero attached hydrogens (tertiary/aromatic N) is 3. The smallest absolute Gasteiger partial charge is 0.315 e. The standard InChI is InChI=1S/C18H21N3O/c22-18-20-10-4-7-17(20)14-21(18)16-8-11-19(12-9-16)13-15-5-2-1-3-6-15/h1-7,10,16H,8-9,11-14H2. The van der Waals surface area contributed by atoms with Crippen LogP contribution in [-0.4, -0.2) is 39.5 Å². The van der Waals surface area contributed by atoms with Crippen molar-refractivity contribution in [3.8, 4) is 0 Å². The van der Waals surface area contributed by atoms with Gasteiger partial charge in [-0.05, 0) is 30.5 Å². The number of piperidine rings is 1. The fourth-order valence-corrected chi connectivity index (χ4v) is 3.63. The van der Waals surface area contributed by atoms with E-state index in [-0.39, 0.29) is 6.03 Å². The average molecular weight is 295 g/mol. The highest BCUT2D eigenvalue weighted by molar-refractivity contribution is 5.80. The third-order valence-corrected chi connectivity index (χ3v) is 4.86. The molecule has 0 spiro atoms. The van der Waals surface area contributed by atoms with Crippen molar-refractivity contribution >= 4 is 6.03 Å². The van der Waals surface area contributed by atoms with Crippen LogP contribution in [0.2, 0.25) is 0 Å². The number of amides is 1. The lowest BCUT2D eigenvalue weighted by atomic mass is 10.0. The summed E-state index contributed by atoms with van der Waals surface area (Å²) in [6.45, 7) is 3.92. The Morgan fingerprint density at radius 1 is 1.00 bits per heavy atom. The number of aromatic nitrogens is 1. The largest absolute Gasteiger partial charge is 0.329 e. The predicted octanol–water partition coefficient (Wildman–Crippen LogP) is 2.94. The Morgan fingerprint density at radius 2 is 1.77 bits per heavy atom. The zero-order valence-electron chi connectivity index (χ0n) is 12.7. The SMILES string of the molecule is O=C1N(C2CCN(Cc3ccccc3)CC2)Cc2cccn21. The molecule has 1 aromatic heterocycles. The van der Waals surface area contributed by atoms with Gasteiger partial charge < -0.3 is 4.90 Å². The van der Waals surface area contributed by atoms with Crippen LogP contribution in [0.1, 0.15) is 24.1 Å². The number of benzene rings is 1. The normalized spacial score (nSPS) is 19.6. The third-order valence-electron chi connectivity index (χ3n) is 4.86. The quantitative estimate of drug-likeness (QED) is 0.871. The van der Waals surface area contributed by atoms with E-state index in [9.17, 15) is 4.79 Å². The van der Waals surface area contributed by atoms with Crippen LogP contribution in [-0.2, 0) is 13.1 Å². The van der Waals surface area contributed by atoms with Crippen LogP contribution in [0.25, 0.3) is 0 Å². The average Bonchev–Trinajstić information content (AvgIpc) is 3.13. The minimum atomic E-state index is 0.154. The number of hydrogen-bond donors (Lipinski definition) is 0. The number of carbonyl (C=O) groups is 1. The maximum atomic E-state index is 12.4. The molecule has 2 aliphatic rings. The highest BCUT2D eigenvalue weighted by Gasteiger charge is 2.33. The molecule has 1 fully saturated rings. The predicted molar refractivity (Wildman–Crippen MR) is 85.5 cm³/mol. The highest BCUT2D eigenvalue weighted by Crippen LogP contribution is 2.25. The second-order valence-electron chi connectivity index (χ2n) is 6.27. The second kappa shape index (κ2) is 5.61. The van der Waals surface area contributed by atoms with Crippen LogP contribution >= 0.6 is 0 Å². The second-order valence-corrected chi connectivity index (χ2v) is 6.27. The molecule has 0 unspecified atom stereocenters. The van der Waals surface area contributed by atoms with E-state index in [1.54, 1.807) is 4.57 Å². The Bertz CT molecular complexity index is 656. The van der Waals surface area contributed by atoms with Crippen molar-refractivity contribution in [2.24, 2.45) is 0 Å². The van der Waals surface area contributed by atoms with Crippen LogP contribution in [0, 0.1) is 0 Å². The Labute approximate surface area is 130 Å². The van der Waals surface area contributed by atoms with E-state index in [0.717, 1.165) is 44.7 Å². The molecule has 0 radical (unpaired) electrons. The minimum Gasteiger partial charge on any atom is -0.315 e. The number of hydrogen-bond acceptors (Lipinski definition) is 2. The first kappa shape index (κ1) is 13.6. The van der Waals surface area contributed by atoms with Gasteiger partial charge in [0.1, 0.15) is 0 Å². The van der Waals surface area contributed by atoms with Gasteiger partial charge in [-0.3, -0.25) is 9.47 Å². The molecule has 2 aliphatic heterocycles. The molecule has 114 valence electrons. The number of likely N-dealkylation sites (tertiary alicyclic amines) is 1. The fourth-order valence-electron chi connectivity index (χ4n) is 3.63. The van der Waals surface area contributed by atoms with Crippen molar-refractivity contribution in [1.29, 1.82) is 0 Å². The summed E-state index contributed by atoms with van der Waals surface area (Å²) in [6.07, 6.45) is 4.02. The van der Waals surface area contributed by atoms with Crippen molar-refractivity contribution < 1.29 is 4.79 Å². The van der Waals surface area contributed by atoms with Gasteiger partial charge in [0.25, 0.3) is 0 Å². The van der Waals surface area contributed by atoms with E-state index in [1.165, 1.54) is 5.56 Å². The fraction of sp³-hybridized carbons (Fsp3) is 0.389. The summed E-state index contributed by atoms with van der Waals surface area (Å²) >= 11 is 0. The van der Waals surface area contributed by atoms with Gasteiger partial charge in [0.05, 0.1) is 6.54 Å². The molecule has 1 aromatic carbocycles. The maximum Gasteiger partial charge on any atom is 0.329 e. The van der Waals surface area contributed by atoms with Gasteiger partial charge in [0.2, 0.25) is 0 Å². The van der Waals surface area contributed by atoms with E-state index in [2.05, 4.69) is 40.1 Å². The summed E-state index contributed by atoms with van der Waals surface area (Å²) in [5.41, 5.74) is 2.49. The van der Waals surface area contributed by atoms with Crippen LogP contribution in [0.15, 0.2) is 48.7 Å². The third kappa shape index (κ3) is 2.44. The van der Waals surface area contributed by atoms with Crippen LogP contribution < -0.4 is 0 Å². The summed E-state index contributed by atoms with van der Waals surface area (Å²) in [5.74, 6) is 0. The molecular formula is C18H21N3O. The topological polar surface area (TPSA) is 28.5 Å². The molecule has 4 nitrogen and oxygen atoms in total. The van der Waals surface area contributed by atoms with Crippen molar-refractivity contribution in [1.82, 2.24) is 14.4 Å². The zero-order valence-corrected chi connectivity index (χ0v) is 12.7. The van der Waals surface area contributed by atoms with Crippen molar-refractivity contribution in [3.05, 3.63) is 59.9 Å². The molecule has 1 saturated heterocycles. The Kier molecular flexibility index (Phi) is 3.47. The van der Waals surface area contributed by atoms with Gasteiger partial charge in [-0.1, -0.05) is 30.3 Å². The molecule has 0 saturated carbocycles. The van der Waals surface area contributed by atoms with Crippen molar-refractivity contribution in [2.75, 3.05) is 13.1 Å². The van der Waals surface area contributed by atoms with Gasteiger partial charge in [0, 0.05) is 37.6 Å². The van der Waals surface area contributed by atoms with Crippen LogP contribution in [0.5, 0.6) is 0 Å². The Hall–Kier alpha value is -2.07. The van der Waals surface area contributed by atoms with E-state index in [1.807, 2.05) is 18.3 Å². The first-order valence-electron chi connectivity index (χ1n) is 8.05. The molecule has 0 N–H and O–H groups in total. The molecular weight excluding hydrogens is 274 g/mol. The van der Waals surface area contributed by atoms with Crippen LogP contribution in [0.3, 0.4) is 0 Å². The van der Waals surface area contributed by atoms with E-state index >= 15 is 0 Å². The maximum absolute atomic E-state index is 12.4. The van der Waals surface area contributed by atoms with Crippen molar-refractivity contribution in [3.63, 3.8) is 0 Å². The van der Waals surface area contributed by atoms with E-state index in [0.29, 0.717) is 6.04 Å². The minimum absolute atomic E-state index is 0.154. The van der Waals surface area contributed by atoms with Gasteiger partial charge in [-0.15, -0.1) is 0 Å². The molecule has 0 bridgehead atoms. The lowest BCUT2D eigenvalue weighted by Gasteiger charge is -2.36. The number of fused-ring (bicyclic) bond motifs is 1. The summed E-state index contributed by atoms with van der Waals surface area (Å²) < 4.78 is 1.79. The van der Waals surface area contributed by atoms with Gasteiger partial charge in [0.15, 0.2) is 0 Å². The van der Waals surface area contributed by atoms with Crippen LogP contribution in [0.4, 0.5) is 4.79 Å². The lowest BCUT2D eigenvalue weighted by molar-refractivity contribution is 0.123. The lowest BCUT2D eigenvalue weighted by Crippen LogP contribution is -2.45. The van der Waals surface area contributed by atoms with Gasteiger partial charge >= 0.3 is 6.03 Å². The van der Waals surface area contributed by atoms with Gasteiger partial charge in [-0.25, -0.2) is 4.79 Å². The van der Waals surface area contributed by atoms with E-state index < -0.39 is 0 Å². The molecule has 1 amide bonds. The molecule has 2 aromatic rings.